The van der Waals surface area contributed by atoms with E-state index in [4.69, 9.17) is 0 Å². The molecule has 0 spiro atoms. The van der Waals surface area contributed by atoms with E-state index < -0.39 is 12.1 Å². The summed E-state index contributed by atoms with van der Waals surface area (Å²) in [5.74, 6) is -2.04. The van der Waals surface area contributed by atoms with E-state index in [1.807, 2.05) is 0 Å². The molecule has 1 amide bonds. The number of halogens is 3. The minimum absolute atomic E-state index is 0.00494. The molecule has 8 heteroatoms. The number of hydrogen-bond donors (Lipinski definition) is 2. The van der Waals surface area contributed by atoms with Crippen LogP contribution in [0.3, 0.4) is 0 Å². The van der Waals surface area contributed by atoms with Crippen LogP contribution in [0.15, 0.2) is 41.5 Å². The van der Waals surface area contributed by atoms with Gasteiger partial charge in [-0.2, -0.15) is 13.2 Å². The van der Waals surface area contributed by atoms with Gasteiger partial charge in [0.05, 0.1) is 5.69 Å². The zero-order valence-electron chi connectivity index (χ0n) is 9.36. The number of anilines is 1. The molecule has 0 radical (unpaired) electrons. The molecule has 0 saturated carbocycles. The molecule has 0 aliphatic heterocycles. The summed E-state index contributed by atoms with van der Waals surface area (Å²) in [7, 11) is 0. The molecule has 19 heavy (non-hydrogen) atoms. The Bertz CT molecular complexity index is 640. The molecule has 2 N–H and O–H groups in total. The summed E-state index contributed by atoms with van der Waals surface area (Å²) in [6.45, 7) is 0. The smallest absolute Gasteiger partial charge is 0.318 e. The Morgan fingerprint density at radius 1 is 1.21 bits per heavy atom. The van der Waals surface area contributed by atoms with Gasteiger partial charge >= 0.3 is 17.8 Å². The van der Waals surface area contributed by atoms with E-state index in [9.17, 15) is 22.8 Å². The molecule has 5 nitrogen and oxygen atoms in total. The SMILES string of the molecule is O=C(Nc1ccc(-n2cc[nH]c2=O)cc1)C(F)(F)F. The number of aromatic nitrogens is 2. The normalized spacial score (nSPS) is 11.3. The number of nitrogens with one attached hydrogen (secondary N) is 2. The number of H-pyrrole nitrogens is 1. The monoisotopic (exact) mass is 271 g/mol. The van der Waals surface area contributed by atoms with Crippen molar-refractivity contribution in [1.82, 2.24) is 9.55 Å². The summed E-state index contributed by atoms with van der Waals surface area (Å²) in [6.07, 6.45) is -2.02. The average molecular weight is 271 g/mol. The number of hydrogen-bond acceptors (Lipinski definition) is 2. The maximum absolute atomic E-state index is 12.0. The Hall–Kier alpha value is -2.51. The van der Waals surface area contributed by atoms with Crippen molar-refractivity contribution in [2.75, 3.05) is 5.32 Å². The number of benzene rings is 1. The average Bonchev–Trinajstić information content (AvgIpc) is 2.75. The van der Waals surface area contributed by atoms with Crippen LogP contribution in [0.4, 0.5) is 18.9 Å². The van der Waals surface area contributed by atoms with Crippen LogP contribution in [0.1, 0.15) is 0 Å². The summed E-state index contributed by atoms with van der Waals surface area (Å²) in [4.78, 5) is 24.4. The van der Waals surface area contributed by atoms with Crippen molar-refractivity contribution in [3.8, 4) is 5.69 Å². The van der Waals surface area contributed by atoms with Crippen LogP contribution in [0.5, 0.6) is 0 Å². The third kappa shape index (κ3) is 2.84. The maximum atomic E-state index is 12.0. The Morgan fingerprint density at radius 2 is 1.84 bits per heavy atom. The Labute approximate surface area is 104 Å². The predicted octanol–water partition coefficient (Wildman–Crippen LogP) is 1.67. The fourth-order valence-electron chi connectivity index (χ4n) is 1.43. The van der Waals surface area contributed by atoms with Gasteiger partial charge in [-0.1, -0.05) is 0 Å². The minimum atomic E-state index is -4.93. The lowest BCUT2D eigenvalue weighted by molar-refractivity contribution is -0.167. The van der Waals surface area contributed by atoms with Crippen molar-refractivity contribution < 1.29 is 18.0 Å². The van der Waals surface area contributed by atoms with Crippen molar-refractivity contribution in [2.24, 2.45) is 0 Å². The first-order chi connectivity index (χ1) is 8.88. The first-order valence-electron chi connectivity index (χ1n) is 5.12. The van der Waals surface area contributed by atoms with Gasteiger partial charge in [0, 0.05) is 18.1 Å². The zero-order valence-corrected chi connectivity index (χ0v) is 9.36. The van der Waals surface area contributed by atoms with Gasteiger partial charge in [-0.15, -0.1) is 0 Å². The van der Waals surface area contributed by atoms with E-state index in [1.165, 1.54) is 41.2 Å². The molecular weight excluding hydrogens is 263 g/mol. The molecule has 0 atom stereocenters. The van der Waals surface area contributed by atoms with E-state index in [0.717, 1.165) is 0 Å². The standard InChI is InChI=1S/C11H8F3N3O2/c12-11(13,14)9(18)16-7-1-3-8(4-2-7)17-6-5-15-10(17)19/h1-6H,(H,15,19)(H,16,18). The molecule has 2 rings (SSSR count). The molecule has 0 saturated heterocycles. The van der Waals surface area contributed by atoms with Gasteiger partial charge in [-0.3, -0.25) is 9.36 Å². The van der Waals surface area contributed by atoms with Gasteiger partial charge in [0.15, 0.2) is 0 Å². The van der Waals surface area contributed by atoms with Crippen LogP contribution >= 0.6 is 0 Å². The third-order valence-corrected chi connectivity index (χ3v) is 2.31. The van der Waals surface area contributed by atoms with Crippen molar-refractivity contribution in [3.63, 3.8) is 0 Å². The number of amides is 1. The van der Waals surface area contributed by atoms with Crippen LogP contribution in [0.25, 0.3) is 5.69 Å². The van der Waals surface area contributed by atoms with Crippen molar-refractivity contribution in [2.45, 2.75) is 6.18 Å². The topological polar surface area (TPSA) is 66.9 Å². The molecule has 2 aromatic rings. The van der Waals surface area contributed by atoms with Gasteiger partial charge in [0.25, 0.3) is 0 Å². The number of carbonyl (C=O) groups excluding carboxylic acids is 1. The van der Waals surface area contributed by atoms with Crippen LogP contribution in [-0.2, 0) is 4.79 Å². The highest BCUT2D eigenvalue weighted by molar-refractivity contribution is 5.94. The number of alkyl halides is 3. The number of rotatable bonds is 2. The van der Waals surface area contributed by atoms with Crippen LogP contribution in [-0.4, -0.2) is 21.6 Å². The van der Waals surface area contributed by atoms with Crippen molar-refractivity contribution in [1.29, 1.82) is 0 Å². The third-order valence-electron chi connectivity index (χ3n) is 2.31. The van der Waals surface area contributed by atoms with Gasteiger partial charge in [0.2, 0.25) is 0 Å². The van der Waals surface area contributed by atoms with Crippen LogP contribution in [0.2, 0.25) is 0 Å². The highest BCUT2D eigenvalue weighted by Gasteiger charge is 2.38. The van der Waals surface area contributed by atoms with Crippen molar-refractivity contribution >= 4 is 11.6 Å². The molecule has 0 unspecified atom stereocenters. The molecule has 1 heterocycles. The number of imidazole rings is 1. The summed E-state index contributed by atoms with van der Waals surface area (Å²) < 4.78 is 37.4. The molecule has 0 bridgehead atoms. The number of carbonyl (C=O) groups is 1. The second-order valence-electron chi connectivity index (χ2n) is 3.63. The lowest BCUT2D eigenvalue weighted by Gasteiger charge is -2.08. The van der Waals surface area contributed by atoms with E-state index in [1.54, 1.807) is 5.32 Å². The molecule has 0 aliphatic carbocycles. The molecule has 1 aromatic heterocycles. The Kier molecular flexibility index (Phi) is 3.16. The van der Waals surface area contributed by atoms with Crippen LogP contribution in [0, 0.1) is 0 Å². The molecular formula is C11H8F3N3O2. The number of nitrogens with zero attached hydrogens (tertiary/aromatic N) is 1. The molecule has 0 fully saturated rings. The molecule has 1 aromatic carbocycles. The highest BCUT2D eigenvalue weighted by Crippen LogP contribution is 2.19. The molecule has 0 aliphatic rings. The predicted molar refractivity (Wildman–Crippen MR) is 61.1 cm³/mol. The van der Waals surface area contributed by atoms with Gasteiger partial charge < -0.3 is 10.3 Å². The quantitative estimate of drug-likeness (QED) is 0.872. The second-order valence-corrected chi connectivity index (χ2v) is 3.63. The fourth-order valence-corrected chi connectivity index (χ4v) is 1.43. The summed E-state index contributed by atoms with van der Waals surface area (Å²) in [6, 6.07) is 5.39. The van der Waals surface area contributed by atoms with E-state index in [0.29, 0.717) is 5.69 Å². The first kappa shape index (κ1) is 12.9. The zero-order chi connectivity index (χ0) is 14.0. The largest absolute Gasteiger partial charge is 0.471 e. The van der Waals surface area contributed by atoms with E-state index >= 15 is 0 Å². The second kappa shape index (κ2) is 4.63. The Morgan fingerprint density at radius 3 is 2.32 bits per heavy atom. The lowest BCUT2D eigenvalue weighted by Crippen LogP contribution is -2.29. The maximum Gasteiger partial charge on any atom is 0.471 e. The summed E-state index contributed by atoms with van der Waals surface area (Å²) in [5.41, 5.74) is 0.0954. The summed E-state index contributed by atoms with van der Waals surface area (Å²) >= 11 is 0. The van der Waals surface area contributed by atoms with Crippen LogP contribution < -0.4 is 11.0 Å². The first-order valence-corrected chi connectivity index (χ1v) is 5.12. The summed E-state index contributed by atoms with van der Waals surface area (Å²) in [5, 5.41) is 1.71. The van der Waals surface area contributed by atoms with E-state index in [-0.39, 0.29) is 11.4 Å². The van der Waals surface area contributed by atoms with Gasteiger partial charge in [0.1, 0.15) is 0 Å². The van der Waals surface area contributed by atoms with Gasteiger partial charge in [-0.05, 0) is 24.3 Å². The molecule has 100 valence electrons. The Balaban J connectivity index is 2.18. The lowest BCUT2D eigenvalue weighted by atomic mass is 10.2. The highest BCUT2D eigenvalue weighted by atomic mass is 19.4. The fraction of sp³-hybridized carbons (Fsp3) is 0.0909. The minimum Gasteiger partial charge on any atom is -0.318 e. The van der Waals surface area contributed by atoms with E-state index in [2.05, 4.69) is 4.98 Å². The van der Waals surface area contributed by atoms with Crippen molar-refractivity contribution in [3.05, 3.63) is 47.1 Å². The van der Waals surface area contributed by atoms with Gasteiger partial charge in [-0.25, -0.2) is 4.79 Å². The number of aromatic amines is 1.